The van der Waals surface area contributed by atoms with Gasteiger partial charge in [-0.2, -0.15) is 0 Å². The van der Waals surface area contributed by atoms with Crippen LogP contribution >= 0.6 is 23.7 Å². The molecule has 0 saturated carbocycles. The number of nitrogens with zero attached hydrogens (tertiary/aromatic N) is 1. The van der Waals surface area contributed by atoms with Crippen LogP contribution in [0.15, 0.2) is 23.7 Å². The lowest BCUT2D eigenvalue weighted by Crippen LogP contribution is -2.40. The van der Waals surface area contributed by atoms with Gasteiger partial charge in [0.2, 0.25) is 5.91 Å². The molecule has 1 unspecified atom stereocenters. The molecule has 1 aromatic heterocycles. The number of aryl methyl sites for hydroxylation is 1. The van der Waals surface area contributed by atoms with Crippen LogP contribution in [0.3, 0.4) is 0 Å². The fourth-order valence-electron chi connectivity index (χ4n) is 2.66. The molecule has 0 radical (unpaired) electrons. The van der Waals surface area contributed by atoms with Gasteiger partial charge in [0.05, 0.1) is 28.2 Å². The van der Waals surface area contributed by atoms with Gasteiger partial charge in [0.15, 0.2) is 0 Å². The van der Waals surface area contributed by atoms with Crippen molar-refractivity contribution >= 4 is 29.7 Å². The average molecular weight is 370 g/mol. The third kappa shape index (κ3) is 4.05. The fraction of sp³-hybridized carbons (Fsp3) is 0.375. The van der Waals surface area contributed by atoms with Crippen LogP contribution in [0.1, 0.15) is 17.7 Å². The second-order valence-electron chi connectivity index (χ2n) is 5.68. The van der Waals surface area contributed by atoms with Gasteiger partial charge in [0, 0.05) is 18.7 Å². The van der Waals surface area contributed by atoms with E-state index in [1.165, 1.54) is 11.3 Å². The third-order valence-corrected chi connectivity index (χ3v) is 4.95. The first-order valence-electron chi connectivity index (χ1n) is 7.46. The minimum atomic E-state index is -0.471. The van der Waals surface area contributed by atoms with Crippen LogP contribution in [0.4, 0.5) is 0 Å². The van der Waals surface area contributed by atoms with Gasteiger partial charge < -0.3 is 20.8 Å². The van der Waals surface area contributed by atoms with Crippen molar-refractivity contribution in [1.82, 2.24) is 15.6 Å². The van der Waals surface area contributed by atoms with Gasteiger partial charge in [-0.3, -0.25) is 4.79 Å². The number of hydrogen-bond acceptors (Lipinski definition) is 6. The van der Waals surface area contributed by atoms with Crippen LogP contribution in [0.2, 0.25) is 0 Å². The summed E-state index contributed by atoms with van der Waals surface area (Å²) in [5.74, 6) is -0.0154. The molecular weight excluding hydrogens is 350 g/mol. The second-order valence-corrected chi connectivity index (χ2v) is 6.53. The number of rotatable bonds is 4. The number of amides is 1. The predicted molar refractivity (Wildman–Crippen MR) is 95.5 cm³/mol. The number of carbonyl (C=O) groups is 1. The van der Waals surface area contributed by atoms with Crippen LogP contribution in [0, 0.1) is 6.92 Å². The van der Waals surface area contributed by atoms with E-state index in [1.54, 1.807) is 17.6 Å². The highest BCUT2D eigenvalue weighted by molar-refractivity contribution is 7.13. The SMILES string of the molecule is Cc1ncsc1-c1ccc(CNC(=O)C2C[C@@H](O)CN2)c(O)c1.Cl. The summed E-state index contributed by atoms with van der Waals surface area (Å²) in [5.41, 5.74) is 4.28. The van der Waals surface area contributed by atoms with Crippen molar-refractivity contribution in [2.45, 2.75) is 32.0 Å². The van der Waals surface area contributed by atoms with E-state index in [1.807, 2.05) is 13.0 Å². The summed E-state index contributed by atoms with van der Waals surface area (Å²) in [6, 6.07) is 5.05. The van der Waals surface area contributed by atoms with Gasteiger partial charge in [0.25, 0.3) is 0 Å². The minimum absolute atomic E-state index is 0. The molecule has 3 rings (SSSR count). The molecule has 2 heterocycles. The lowest BCUT2D eigenvalue weighted by atomic mass is 10.1. The van der Waals surface area contributed by atoms with Gasteiger partial charge in [0.1, 0.15) is 5.75 Å². The Morgan fingerprint density at radius 1 is 1.50 bits per heavy atom. The monoisotopic (exact) mass is 369 g/mol. The first kappa shape index (κ1) is 18.7. The first-order chi connectivity index (χ1) is 11.0. The summed E-state index contributed by atoms with van der Waals surface area (Å²) < 4.78 is 0. The maximum Gasteiger partial charge on any atom is 0.237 e. The molecule has 1 fully saturated rings. The van der Waals surface area contributed by atoms with E-state index in [-0.39, 0.29) is 36.7 Å². The van der Waals surface area contributed by atoms with E-state index in [0.29, 0.717) is 18.5 Å². The molecule has 1 aromatic carbocycles. The number of β-amino-alcohol motifs (C(OH)–C–C–N with tert-alkyl or cyclic N) is 1. The third-order valence-electron chi connectivity index (χ3n) is 3.97. The summed E-state index contributed by atoms with van der Waals surface area (Å²) in [6.45, 7) is 2.62. The number of hydrogen-bond donors (Lipinski definition) is 4. The van der Waals surface area contributed by atoms with Crippen molar-refractivity contribution in [3.05, 3.63) is 35.0 Å². The van der Waals surface area contributed by atoms with Gasteiger partial charge in [-0.1, -0.05) is 12.1 Å². The molecule has 1 saturated heterocycles. The van der Waals surface area contributed by atoms with Crippen molar-refractivity contribution in [3.63, 3.8) is 0 Å². The summed E-state index contributed by atoms with van der Waals surface area (Å²) in [6.07, 6.45) is -0.0532. The first-order valence-corrected chi connectivity index (χ1v) is 8.34. The van der Waals surface area contributed by atoms with Crippen LogP contribution < -0.4 is 10.6 Å². The van der Waals surface area contributed by atoms with Crippen LogP contribution in [-0.2, 0) is 11.3 Å². The zero-order chi connectivity index (χ0) is 16.4. The van der Waals surface area contributed by atoms with E-state index < -0.39 is 6.10 Å². The lowest BCUT2D eigenvalue weighted by Gasteiger charge is -2.12. The van der Waals surface area contributed by atoms with Gasteiger partial charge in [-0.05, 0) is 25.0 Å². The zero-order valence-electron chi connectivity index (χ0n) is 13.2. The van der Waals surface area contributed by atoms with Crippen molar-refractivity contribution in [2.24, 2.45) is 0 Å². The molecule has 0 aliphatic carbocycles. The average Bonchev–Trinajstić information content (AvgIpc) is 3.14. The molecular formula is C16H20ClN3O3S. The number of carbonyl (C=O) groups excluding carboxylic acids is 1. The number of aromatic nitrogens is 1. The van der Waals surface area contributed by atoms with Crippen LogP contribution in [0.25, 0.3) is 10.4 Å². The van der Waals surface area contributed by atoms with E-state index >= 15 is 0 Å². The molecule has 0 bridgehead atoms. The molecule has 1 aliphatic rings. The molecule has 2 atom stereocenters. The Morgan fingerprint density at radius 2 is 2.29 bits per heavy atom. The number of phenols is 1. The predicted octanol–water partition coefficient (Wildman–Crippen LogP) is 1.58. The summed E-state index contributed by atoms with van der Waals surface area (Å²) in [4.78, 5) is 17.2. The number of aromatic hydroxyl groups is 1. The molecule has 1 aliphatic heterocycles. The molecule has 24 heavy (non-hydrogen) atoms. The number of nitrogens with one attached hydrogen (secondary N) is 2. The number of benzene rings is 1. The summed E-state index contributed by atoms with van der Waals surface area (Å²) >= 11 is 1.53. The molecule has 2 aromatic rings. The number of halogens is 1. The lowest BCUT2D eigenvalue weighted by molar-refractivity contribution is -0.123. The highest BCUT2D eigenvalue weighted by atomic mass is 35.5. The van der Waals surface area contributed by atoms with Gasteiger partial charge >= 0.3 is 0 Å². The zero-order valence-corrected chi connectivity index (χ0v) is 14.8. The second kappa shape index (κ2) is 7.94. The Bertz CT molecular complexity index is 722. The Kier molecular flexibility index (Phi) is 6.17. The van der Waals surface area contributed by atoms with Crippen molar-refractivity contribution < 1.29 is 15.0 Å². The molecule has 4 N–H and O–H groups in total. The maximum atomic E-state index is 12.0. The minimum Gasteiger partial charge on any atom is -0.508 e. The quantitative estimate of drug-likeness (QED) is 0.656. The highest BCUT2D eigenvalue weighted by Gasteiger charge is 2.27. The Balaban J connectivity index is 0.00000208. The highest BCUT2D eigenvalue weighted by Crippen LogP contribution is 2.31. The normalized spacial score (nSPS) is 19.8. The van der Waals surface area contributed by atoms with E-state index in [2.05, 4.69) is 15.6 Å². The van der Waals surface area contributed by atoms with Crippen LogP contribution in [-0.4, -0.2) is 39.8 Å². The Morgan fingerprint density at radius 3 is 2.88 bits per heavy atom. The van der Waals surface area contributed by atoms with E-state index in [0.717, 1.165) is 16.1 Å². The van der Waals surface area contributed by atoms with E-state index in [9.17, 15) is 15.0 Å². The molecule has 6 nitrogen and oxygen atoms in total. The topological polar surface area (TPSA) is 94.5 Å². The number of aliphatic hydroxyl groups is 1. The Labute approximate surface area is 150 Å². The number of phenolic OH excluding ortho intramolecular Hbond substituents is 1. The van der Waals surface area contributed by atoms with Crippen LogP contribution in [0.5, 0.6) is 5.75 Å². The molecule has 1 amide bonds. The Hall–Kier alpha value is -1.67. The standard InChI is InChI=1S/C16H19N3O3S.ClH/c1-9-15(23-8-19-9)10-2-3-11(14(21)4-10)6-18-16(22)13-5-12(20)7-17-13;/h2-4,8,12-13,17,20-21H,5-7H2,1H3,(H,18,22);1H/t12-,13?;/m1./s1. The molecule has 8 heteroatoms. The number of thiazole rings is 1. The fourth-order valence-corrected chi connectivity index (χ4v) is 3.46. The maximum absolute atomic E-state index is 12.0. The molecule has 0 spiro atoms. The summed E-state index contributed by atoms with van der Waals surface area (Å²) in [7, 11) is 0. The number of aliphatic hydroxyl groups excluding tert-OH is 1. The van der Waals surface area contributed by atoms with Gasteiger partial charge in [-0.15, -0.1) is 23.7 Å². The van der Waals surface area contributed by atoms with Crippen molar-refractivity contribution in [2.75, 3.05) is 6.54 Å². The van der Waals surface area contributed by atoms with Crippen molar-refractivity contribution in [3.8, 4) is 16.2 Å². The summed E-state index contributed by atoms with van der Waals surface area (Å²) in [5, 5.41) is 25.4. The van der Waals surface area contributed by atoms with E-state index in [4.69, 9.17) is 0 Å². The molecule has 130 valence electrons. The largest absolute Gasteiger partial charge is 0.508 e. The smallest absolute Gasteiger partial charge is 0.237 e. The van der Waals surface area contributed by atoms with Crippen molar-refractivity contribution in [1.29, 1.82) is 0 Å². The van der Waals surface area contributed by atoms with Gasteiger partial charge in [-0.25, -0.2) is 4.98 Å².